The number of hydrogen-bond donors (Lipinski definition) is 2. The Labute approximate surface area is 222 Å². The molecule has 0 bridgehead atoms. The van der Waals surface area contributed by atoms with Crippen molar-refractivity contribution in [2.75, 3.05) is 27.0 Å². The number of rotatable bonds is 9. The van der Waals surface area contributed by atoms with E-state index in [0.717, 1.165) is 23.1 Å². The molecule has 38 heavy (non-hydrogen) atoms. The quantitative estimate of drug-likeness (QED) is 0.431. The van der Waals surface area contributed by atoms with Crippen LogP contribution >= 0.6 is 0 Å². The predicted molar refractivity (Wildman–Crippen MR) is 141 cm³/mol. The molecule has 0 aliphatic carbocycles. The van der Waals surface area contributed by atoms with Crippen molar-refractivity contribution in [3.63, 3.8) is 0 Å². The van der Waals surface area contributed by atoms with Gasteiger partial charge in [-0.2, -0.15) is 0 Å². The lowest BCUT2D eigenvalue weighted by molar-refractivity contribution is -0.144. The highest BCUT2D eigenvalue weighted by atomic mass is 16.7. The van der Waals surface area contributed by atoms with Crippen LogP contribution < -0.4 is 19.5 Å². The van der Waals surface area contributed by atoms with Gasteiger partial charge in [-0.25, -0.2) is 0 Å². The number of carbonyl (C=O) groups excluding carboxylic acids is 1. The van der Waals surface area contributed by atoms with Crippen molar-refractivity contribution < 1.29 is 28.9 Å². The zero-order valence-corrected chi connectivity index (χ0v) is 21.5. The summed E-state index contributed by atoms with van der Waals surface area (Å²) in [5, 5.41) is 13.7. The van der Waals surface area contributed by atoms with Crippen molar-refractivity contribution in [3.8, 4) is 17.2 Å². The number of nitrogens with zero attached hydrogens (tertiary/aromatic N) is 1. The molecule has 8 nitrogen and oxygen atoms in total. The van der Waals surface area contributed by atoms with Crippen LogP contribution in [0.1, 0.15) is 48.0 Å². The number of methoxy groups -OCH3 is 1. The topological polar surface area (TPSA) is 97.3 Å². The predicted octanol–water partition coefficient (Wildman–Crippen LogP) is 4.53. The van der Waals surface area contributed by atoms with Crippen molar-refractivity contribution in [2.24, 2.45) is 5.92 Å². The molecule has 0 saturated carbocycles. The molecule has 0 radical (unpaired) electrons. The number of benzene rings is 3. The maximum absolute atomic E-state index is 13.7. The molecule has 2 heterocycles. The van der Waals surface area contributed by atoms with Crippen LogP contribution in [0.5, 0.6) is 17.2 Å². The van der Waals surface area contributed by atoms with E-state index in [-0.39, 0.29) is 18.6 Å². The summed E-state index contributed by atoms with van der Waals surface area (Å²) in [6, 6.07) is 21.3. The molecular formula is C30H32N2O6. The van der Waals surface area contributed by atoms with Crippen LogP contribution in [0.3, 0.4) is 0 Å². The first-order valence-corrected chi connectivity index (χ1v) is 12.9. The lowest BCUT2D eigenvalue weighted by atomic mass is 9.82. The molecule has 1 fully saturated rings. The van der Waals surface area contributed by atoms with Crippen molar-refractivity contribution in [2.45, 2.75) is 31.3 Å². The lowest BCUT2D eigenvalue weighted by Gasteiger charge is -2.34. The van der Waals surface area contributed by atoms with Gasteiger partial charge in [0.15, 0.2) is 11.5 Å². The zero-order valence-electron chi connectivity index (χ0n) is 21.5. The fourth-order valence-electron chi connectivity index (χ4n) is 5.58. The molecule has 0 spiro atoms. The summed E-state index contributed by atoms with van der Waals surface area (Å²) in [6.45, 7) is 3.05. The molecule has 2 aliphatic rings. The molecule has 2 N–H and O–H groups in total. The van der Waals surface area contributed by atoms with Crippen molar-refractivity contribution in [1.82, 2.24) is 10.2 Å². The van der Waals surface area contributed by atoms with Crippen LogP contribution in [0.25, 0.3) is 0 Å². The molecule has 5 rings (SSSR count). The minimum Gasteiger partial charge on any atom is -0.497 e. The maximum atomic E-state index is 13.7. The number of fused-ring (bicyclic) bond motifs is 1. The number of hydrogen-bond acceptors (Lipinski definition) is 6. The van der Waals surface area contributed by atoms with Gasteiger partial charge >= 0.3 is 5.97 Å². The van der Waals surface area contributed by atoms with Gasteiger partial charge in [0.25, 0.3) is 0 Å². The van der Waals surface area contributed by atoms with E-state index in [2.05, 4.69) is 5.32 Å². The first kappa shape index (κ1) is 25.6. The van der Waals surface area contributed by atoms with Gasteiger partial charge in [0.2, 0.25) is 12.7 Å². The summed E-state index contributed by atoms with van der Waals surface area (Å²) < 4.78 is 16.4. The van der Waals surface area contributed by atoms with Gasteiger partial charge in [0.1, 0.15) is 11.8 Å². The second-order valence-electron chi connectivity index (χ2n) is 9.60. The molecule has 198 valence electrons. The second-order valence-corrected chi connectivity index (χ2v) is 9.60. The average molecular weight is 517 g/mol. The van der Waals surface area contributed by atoms with Crippen molar-refractivity contribution in [3.05, 3.63) is 89.5 Å². The van der Waals surface area contributed by atoms with E-state index >= 15 is 0 Å². The summed E-state index contributed by atoms with van der Waals surface area (Å²) in [5.41, 5.74) is 2.46. The molecule has 3 aromatic rings. The fourth-order valence-corrected chi connectivity index (χ4v) is 5.58. The smallest absolute Gasteiger partial charge is 0.309 e. The molecule has 1 amide bonds. The van der Waals surface area contributed by atoms with E-state index in [9.17, 15) is 14.7 Å². The number of ether oxygens (including phenoxy) is 3. The van der Waals surface area contributed by atoms with E-state index in [1.54, 1.807) is 7.11 Å². The van der Waals surface area contributed by atoms with Gasteiger partial charge in [-0.1, -0.05) is 55.5 Å². The summed E-state index contributed by atoms with van der Waals surface area (Å²) in [6.07, 6.45) is 0.798. The number of likely N-dealkylation sites (tertiary alicyclic amines) is 1. The summed E-state index contributed by atoms with van der Waals surface area (Å²) in [5.74, 6) is -0.343. The van der Waals surface area contributed by atoms with Crippen LogP contribution in [0.15, 0.2) is 72.8 Å². The maximum Gasteiger partial charge on any atom is 0.309 e. The molecule has 2 aliphatic heterocycles. The van der Waals surface area contributed by atoms with Gasteiger partial charge in [0.05, 0.1) is 13.0 Å². The fraction of sp³-hybridized carbons (Fsp3) is 0.333. The monoisotopic (exact) mass is 516 g/mol. The Morgan fingerprint density at radius 2 is 1.74 bits per heavy atom. The third-order valence-electron chi connectivity index (χ3n) is 7.35. The van der Waals surface area contributed by atoms with Crippen LogP contribution in [-0.2, 0) is 9.59 Å². The summed E-state index contributed by atoms with van der Waals surface area (Å²) in [4.78, 5) is 28.7. The Balaban J connectivity index is 1.63. The SMILES string of the molecule is CCCNC(=O)C(c1ccccc1)N1CC(c2ccc3c(c2)OCO3)C(C(=O)O)C1c1ccc(OC)cc1. The highest BCUT2D eigenvalue weighted by Gasteiger charge is 2.51. The molecule has 8 heteroatoms. The number of carbonyl (C=O) groups is 2. The number of carboxylic acid groups (broad SMARTS) is 1. The van der Waals surface area contributed by atoms with Crippen LogP contribution in [0.2, 0.25) is 0 Å². The second kappa shape index (κ2) is 11.1. The van der Waals surface area contributed by atoms with E-state index < -0.39 is 24.0 Å². The van der Waals surface area contributed by atoms with Crippen LogP contribution in [0.4, 0.5) is 0 Å². The number of carboxylic acids is 1. The Morgan fingerprint density at radius 1 is 1.03 bits per heavy atom. The van der Waals surface area contributed by atoms with E-state index in [0.29, 0.717) is 30.3 Å². The van der Waals surface area contributed by atoms with Crippen molar-refractivity contribution >= 4 is 11.9 Å². The lowest BCUT2D eigenvalue weighted by Crippen LogP contribution is -2.41. The van der Waals surface area contributed by atoms with Gasteiger partial charge < -0.3 is 24.6 Å². The molecule has 3 aromatic carbocycles. The Bertz CT molecular complexity index is 1280. The third-order valence-corrected chi connectivity index (χ3v) is 7.35. The summed E-state index contributed by atoms with van der Waals surface area (Å²) >= 11 is 0. The average Bonchev–Trinajstić information content (AvgIpc) is 3.57. The molecule has 0 aromatic heterocycles. The first-order valence-electron chi connectivity index (χ1n) is 12.9. The summed E-state index contributed by atoms with van der Waals surface area (Å²) in [7, 11) is 1.59. The van der Waals surface area contributed by atoms with Crippen LogP contribution in [0, 0.1) is 5.92 Å². The number of amides is 1. The van der Waals surface area contributed by atoms with E-state index in [4.69, 9.17) is 14.2 Å². The highest BCUT2D eigenvalue weighted by molar-refractivity contribution is 5.84. The molecule has 1 saturated heterocycles. The normalized spacial score (nSPS) is 21.2. The van der Waals surface area contributed by atoms with Gasteiger partial charge in [-0.05, 0) is 47.4 Å². The van der Waals surface area contributed by atoms with Gasteiger partial charge in [-0.15, -0.1) is 0 Å². The Morgan fingerprint density at radius 3 is 2.42 bits per heavy atom. The van der Waals surface area contributed by atoms with Crippen molar-refractivity contribution in [1.29, 1.82) is 0 Å². The van der Waals surface area contributed by atoms with E-state index in [1.165, 1.54) is 0 Å². The standard InChI is InChI=1S/C30H32N2O6/c1-3-15-31-29(33)28(19-7-5-4-6-8-19)32-17-23(21-11-14-24-25(16-21)38-18-37-24)26(30(34)35)27(32)20-9-12-22(36-2)13-10-20/h4-14,16,23,26-28H,3,15,17-18H2,1-2H3,(H,31,33)(H,34,35). The Hall–Kier alpha value is -4.04. The molecule has 4 unspecified atom stereocenters. The minimum absolute atomic E-state index is 0.139. The van der Waals surface area contributed by atoms with Crippen LogP contribution in [-0.4, -0.2) is 48.9 Å². The van der Waals surface area contributed by atoms with Gasteiger partial charge in [0, 0.05) is 25.0 Å². The van der Waals surface area contributed by atoms with Gasteiger partial charge in [-0.3, -0.25) is 14.5 Å². The highest BCUT2D eigenvalue weighted by Crippen LogP contribution is 2.50. The molecular weight excluding hydrogens is 484 g/mol. The Kier molecular flexibility index (Phi) is 7.51. The molecule has 4 atom stereocenters. The number of aliphatic carboxylic acids is 1. The zero-order chi connectivity index (χ0) is 26.6. The third kappa shape index (κ3) is 4.91. The minimum atomic E-state index is -0.920. The van der Waals surface area contributed by atoms with E-state index in [1.807, 2.05) is 84.6 Å². The number of nitrogens with one attached hydrogen (secondary N) is 1. The largest absolute Gasteiger partial charge is 0.497 e. The first-order chi connectivity index (χ1) is 18.5.